The van der Waals surface area contributed by atoms with Crippen LogP contribution >= 0.6 is 11.8 Å². The van der Waals surface area contributed by atoms with E-state index in [-0.39, 0.29) is 5.41 Å². The molecule has 0 fully saturated rings. The Morgan fingerprint density at radius 1 is 1.10 bits per heavy atom. The maximum atomic E-state index is 6.31. The van der Waals surface area contributed by atoms with Crippen molar-refractivity contribution < 1.29 is 9.47 Å². The van der Waals surface area contributed by atoms with Gasteiger partial charge in [-0.3, -0.25) is 0 Å². The Kier molecular flexibility index (Phi) is 7.69. The molecule has 0 saturated heterocycles. The fourth-order valence-corrected chi connectivity index (χ4v) is 6.89. The summed E-state index contributed by atoms with van der Waals surface area (Å²) < 4.78 is 14.3. The van der Waals surface area contributed by atoms with Crippen molar-refractivity contribution in [2.24, 2.45) is 0 Å². The van der Waals surface area contributed by atoms with Crippen LogP contribution in [0.4, 0.5) is 11.6 Å². The SMILES string of the molecule is CC1(C)COc2cc(ccn2)-c2ccc3c(c2Nc2nc(nn2COCC[Si](C)(C)C)Sc2cccc1c2)CCC3. The van der Waals surface area contributed by atoms with Crippen molar-refractivity contribution >= 4 is 31.5 Å². The van der Waals surface area contributed by atoms with Crippen molar-refractivity contribution in [2.45, 2.75) is 81.0 Å². The number of ether oxygens (including phenoxy) is 2. The molecule has 41 heavy (non-hydrogen) atoms. The first kappa shape index (κ1) is 28.0. The molecule has 1 aliphatic heterocycles. The number of aromatic nitrogens is 4. The van der Waals surface area contributed by atoms with Gasteiger partial charge in [-0.05, 0) is 77.5 Å². The van der Waals surface area contributed by atoms with Crippen molar-refractivity contribution in [1.82, 2.24) is 19.7 Å². The molecule has 214 valence electrons. The molecule has 0 spiro atoms. The Bertz CT molecular complexity index is 1560. The zero-order valence-corrected chi connectivity index (χ0v) is 26.5. The van der Waals surface area contributed by atoms with Gasteiger partial charge in [0.15, 0.2) is 0 Å². The van der Waals surface area contributed by atoms with Crippen LogP contribution in [0.1, 0.15) is 37.0 Å². The summed E-state index contributed by atoms with van der Waals surface area (Å²) >= 11 is 1.57. The summed E-state index contributed by atoms with van der Waals surface area (Å²) in [6, 6.07) is 18.3. The van der Waals surface area contributed by atoms with Crippen LogP contribution in [0.25, 0.3) is 11.1 Å². The minimum absolute atomic E-state index is 0.215. The van der Waals surface area contributed by atoms with Gasteiger partial charge in [-0.2, -0.15) is 4.98 Å². The van der Waals surface area contributed by atoms with E-state index >= 15 is 0 Å². The normalized spacial score (nSPS) is 15.9. The molecule has 0 saturated carbocycles. The van der Waals surface area contributed by atoms with Crippen molar-refractivity contribution in [2.75, 3.05) is 18.5 Å². The topological polar surface area (TPSA) is 74.1 Å². The highest BCUT2D eigenvalue weighted by molar-refractivity contribution is 7.99. The number of fused-ring (bicyclic) bond motifs is 10. The van der Waals surface area contributed by atoms with Gasteiger partial charge in [0.1, 0.15) is 6.73 Å². The number of anilines is 2. The second-order valence-electron chi connectivity index (χ2n) is 12.9. The molecule has 9 heteroatoms. The first-order chi connectivity index (χ1) is 19.6. The molecule has 3 heterocycles. The first-order valence-electron chi connectivity index (χ1n) is 14.5. The van der Waals surface area contributed by atoms with Gasteiger partial charge in [-0.15, -0.1) is 5.10 Å². The van der Waals surface area contributed by atoms with Gasteiger partial charge in [-0.25, -0.2) is 9.67 Å². The van der Waals surface area contributed by atoms with Crippen molar-refractivity contribution in [3.8, 4) is 17.0 Å². The minimum atomic E-state index is -1.20. The number of pyridine rings is 1. The Morgan fingerprint density at radius 3 is 2.83 bits per heavy atom. The summed E-state index contributed by atoms with van der Waals surface area (Å²) in [6.07, 6.45) is 5.11. The van der Waals surface area contributed by atoms with Crippen LogP contribution in [0.5, 0.6) is 5.88 Å². The minimum Gasteiger partial charge on any atom is -0.477 e. The number of hydrogen-bond acceptors (Lipinski definition) is 7. The lowest BCUT2D eigenvalue weighted by atomic mass is 9.86. The molecule has 2 aromatic carbocycles. The molecule has 6 rings (SSSR count). The van der Waals surface area contributed by atoms with E-state index in [1.807, 2.05) is 16.9 Å². The van der Waals surface area contributed by atoms with Crippen LogP contribution in [-0.2, 0) is 29.7 Å². The predicted molar refractivity (Wildman–Crippen MR) is 168 cm³/mol. The molecule has 0 unspecified atom stereocenters. The zero-order chi connectivity index (χ0) is 28.6. The van der Waals surface area contributed by atoms with Gasteiger partial charge >= 0.3 is 0 Å². The molecule has 1 N–H and O–H groups in total. The lowest BCUT2D eigenvalue weighted by Crippen LogP contribution is -2.26. The molecule has 0 atom stereocenters. The van der Waals surface area contributed by atoms with E-state index in [1.54, 1.807) is 11.8 Å². The van der Waals surface area contributed by atoms with Crippen LogP contribution in [-0.4, -0.2) is 41.0 Å². The molecular weight excluding hydrogens is 547 g/mol. The average Bonchev–Trinajstić information content (AvgIpc) is 3.56. The largest absolute Gasteiger partial charge is 0.477 e. The van der Waals surface area contributed by atoms with E-state index in [1.165, 1.54) is 16.7 Å². The van der Waals surface area contributed by atoms with E-state index in [9.17, 15) is 0 Å². The molecular formula is C32H39N5O2SSi. The third-order valence-corrected chi connectivity index (χ3v) is 10.4. The first-order valence-corrected chi connectivity index (χ1v) is 19.0. The average molecular weight is 586 g/mol. The molecule has 0 amide bonds. The fourth-order valence-electron chi connectivity index (χ4n) is 5.32. The van der Waals surface area contributed by atoms with E-state index in [0.717, 1.165) is 53.6 Å². The smallest absolute Gasteiger partial charge is 0.228 e. The van der Waals surface area contributed by atoms with Crippen LogP contribution < -0.4 is 10.1 Å². The summed E-state index contributed by atoms with van der Waals surface area (Å²) in [6.45, 7) is 13.1. The van der Waals surface area contributed by atoms with E-state index in [4.69, 9.17) is 19.6 Å². The Morgan fingerprint density at radius 2 is 1.98 bits per heavy atom. The molecule has 1 aliphatic carbocycles. The lowest BCUT2D eigenvalue weighted by Gasteiger charge is -2.25. The molecule has 0 radical (unpaired) electrons. The third kappa shape index (κ3) is 6.37. The van der Waals surface area contributed by atoms with Gasteiger partial charge in [0.2, 0.25) is 17.0 Å². The Labute approximate surface area is 248 Å². The summed E-state index contributed by atoms with van der Waals surface area (Å²) in [5.74, 6) is 1.32. The highest BCUT2D eigenvalue weighted by Gasteiger charge is 2.25. The van der Waals surface area contributed by atoms with E-state index in [2.05, 4.69) is 86.3 Å². The Balaban J connectivity index is 1.45. The highest BCUT2D eigenvalue weighted by Crippen LogP contribution is 2.40. The molecule has 2 aliphatic rings. The summed E-state index contributed by atoms with van der Waals surface area (Å²) in [5, 5.41) is 9.33. The second-order valence-corrected chi connectivity index (χ2v) is 19.5. The predicted octanol–water partition coefficient (Wildman–Crippen LogP) is 7.71. The third-order valence-electron chi connectivity index (χ3n) is 7.83. The van der Waals surface area contributed by atoms with E-state index in [0.29, 0.717) is 30.3 Å². The van der Waals surface area contributed by atoms with E-state index < -0.39 is 8.07 Å². The number of aryl methyl sites for hydroxylation is 1. The number of nitrogens with one attached hydrogen (secondary N) is 1. The summed E-state index contributed by atoms with van der Waals surface area (Å²) in [5.41, 5.74) is 6.97. The number of benzene rings is 2. The zero-order valence-electron chi connectivity index (χ0n) is 24.7. The van der Waals surface area contributed by atoms with Crippen LogP contribution in [0.3, 0.4) is 0 Å². The molecule has 4 aromatic rings. The van der Waals surface area contributed by atoms with Crippen LogP contribution in [0.15, 0.2) is 64.8 Å². The molecule has 7 nitrogen and oxygen atoms in total. The van der Waals surface area contributed by atoms with Crippen molar-refractivity contribution in [3.05, 3.63) is 71.4 Å². The van der Waals surface area contributed by atoms with Crippen molar-refractivity contribution in [1.29, 1.82) is 0 Å². The lowest BCUT2D eigenvalue weighted by molar-refractivity contribution is 0.0792. The standard InChI is InChI=1S/C32H39N5O2SSi/c1-32(2)20-39-28-18-23(14-15-33-28)27-13-12-22-8-6-11-26(22)29(27)34-30-35-31(40-25-10-7-9-24(32)19-25)36-37(30)21-38-16-17-41(3,4)5/h7,9-10,12-15,18-19H,6,8,11,16-17,20-21H2,1-5H3,(H,34,35,36). The highest BCUT2D eigenvalue weighted by atomic mass is 32.2. The van der Waals surface area contributed by atoms with Gasteiger partial charge in [0.05, 0.1) is 12.3 Å². The molecule has 2 aromatic heterocycles. The number of hydrogen-bond donors (Lipinski definition) is 1. The fraction of sp³-hybridized carbons (Fsp3) is 0.406. The summed E-state index contributed by atoms with van der Waals surface area (Å²) in [4.78, 5) is 10.7. The van der Waals surface area contributed by atoms with Crippen LogP contribution in [0, 0.1) is 0 Å². The quantitative estimate of drug-likeness (QED) is 0.190. The van der Waals surface area contributed by atoms with Gasteiger partial charge in [0.25, 0.3) is 0 Å². The summed E-state index contributed by atoms with van der Waals surface area (Å²) in [7, 11) is -1.20. The monoisotopic (exact) mass is 585 g/mol. The maximum absolute atomic E-state index is 6.31. The van der Waals surface area contributed by atoms with Gasteiger partial charge < -0.3 is 14.8 Å². The molecule has 6 bridgehead atoms. The van der Waals surface area contributed by atoms with Crippen molar-refractivity contribution in [3.63, 3.8) is 0 Å². The van der Waals surface area contributed by atoms with Gasteiger partial charge in [0, 0.05) is 42.8 Å². The Hall–Kier alpha value is -3.14. The number of rotatable bonds is 5. The van der Waals surface area contributed by atoms with Gasteiger partial charge in [-0.1, -0.05) is 57.8 Å². The maximum Gasteiger partial charge on any atom is 0.228 e. The second kappa shape index (κ2) is 11.3. The van der Waals surface area contributed by atoms with Crippen LogP contribution in [0.2, 0.25) is 25.7 Å². The number of nitrogens with zero attached hydrogens (tertiary/aromatic N) is 4.